The third-order valence-electron chi connectivity index (χ3n) is 6.83. The van der Waals surface area contributed by atoms with Gasteiger partial charge in [-0.3, -0.25) is 14.4 Å². The number of nitrogens with zero attached hydrogens (tertiary/aromatic N) is 1. The summed E-state index contributed by atoms with van der Waals surface area (Å²) in [6, 6.07) is 10.3. The molecular formula is C26H27N3O7. The number of rotatable bonds is 7. The van der Waals surface area contributed by atoms with Crippen molar-refractivity contribution in [2.75, 3.05) is 43.4 Å². The second kappa shape index (κ2) is 8.87. The zero-order chi connectivity index (χ0) is 25.6. The Morgan fingerprint density at radius 3 is 2.25 bits per heavy atom. The molecule has 0 radical (unpaired) electrons. The Bertz CT molecular complexity index is 1230. The smallest absolute Gasteiger partial charge is 0.234 e. The molecule has 36 heavy (non-hydrogen) atoms. The van der Waals surface area contributed by atoms with E-state index in [1.54, 1.807) is 41.3 Å². The molecule has 10 heteroatoms. The van der Waals surface area contributed by atoms with Crippen molar-refractivity contribution in [3.63, 3.8) is 0 Å². The van der Waals surface area contributed by atoms with Gasteiger partial charge in [0.05, 0.1) is 45.8 Å². The van der Waals surface area contributed by atoms with Gasteiger partial charge in [0.1, 0.15) is 5.60 Å². The summed E-state index contributed by atoms with van der Waals surface area (Å²) >= 11 is 0. The molecule has 2 aromatic carbocycles. The topological polar surface area (TPSA) is 115 Å². The second-order valence-electron chi connectivity index (χ2n) is 8.96. The molecule has 1 spiro atoms. The highest BCUT2D eigenvalue weighted by Crippen LogP contribution is 2.53. The van der Waals surface area contributed by atoms with Crippen LogP contribution in [0.25, 0.3) is 0 Å². The molecule has 2 bridgehead atoms. The SMILES string of the molecule is COc1cc(NC(=O)C2[C@H]3C=C[C@@]4(CN(c5ccc(NC(C)=O)cc5)C(=O)[C@@H]24)O3)cc(OC)c1OC. The molecule has 188 valence electrons. The number of hydrogen-bond donors (Lipinski definition) is 2. The highest BCUT2D eigenvalue weighted by molar-refractivity contribution is 6.05. The summed E-state index contributed by atoms with van der Waals surface area (Å²) in [6.45, 7) is 1.73. The first-order valence-electron chi connectivity index (χ1n) is 11.5. The van der Waals surface area contributed by atoms with Crippen molar-refractivity contribution >= 4 is 34.8 Å². The number of carbonyl (C=O) groups excluding carboxylic acids is 3. The van der Waals surface area contributed by atoms with Crippen LogP contribution in [0.2, 0.25) is 0 Å². The average Bonchev–Trinajstić information content (AvgIpc) is 3.51. The van der Waals surface area contributed by atoms with E-state index >= 15 is 0 Å². The molecule has 3 aliphatic heterocycles. The molecule has 0 aromatic heterocycles. The molecular weight excluding hydrogens is 466 g/mol. The van der Waals surface area contributed by atoms with E-state index in [9.17, 15) is 14.4 Å². The van der Waals surface area contributed by atoms with Gasteiger partial charge >= 0.3 is 0 Å². The summed E-state index contributed by atoms with van der Waals surface area (Å²) in [4.78, 5) is 40.0. The lowest BCUT2D eigenvalue weighted by Crippen LogP contribution is -2.41. The number of ether oxygens (including phenoxy) is 4. The minimum absolute atomic E-state index is 0.176. The fourth-order valence-electron chi connectivity index (χ4n) is 5.32. The third kappa shape index (κ3) is 3.74. The first kappa shape index (κ1) is 23.7. The van der Waals surface area contributed by atoms with Crippen LogP contribution in [0.1, 0.15) is 6.92 Å². The minimum Gasteiger partial charge on any atom is -0.493 e. The van der Waals surface area contributed by atoms with E-state index in [2.05, 4.69) is 10.6 Å². The highest BCUT2D eigenvalue weighted by atomic mass is 16.5. The number of methoxy groups -OCH3 is 3. The number of benzene rings is 2. The van der Waals surface area contributed by atoms with E-state index < -0.39 is 23.5 Å². The summed E-state index contributed by atoms with van der Waals surface area (Å²) in [7, 11) is 4.49. The first-order chi connectivity index (χ1) is 17.3. The molecule has 4 atom stereocenters. The molecule has 5 rings (SSSR count). The zero-order valence-electron chi connectivity index (χ0n) is 20.4. The average molecular weight is 494 g/mol. The second-order valence-corrected chi connectivity index (χ2v) is 8.96. The van der Waals surface area contributed by atoms with Gasteiger partial charge in [0.25, 0.3) is 0 Å². The van der Waals surface area contributed by atoms with Crippen molar-refractivity contribution in [2.24, 2.45) is 11.8 Å². The third-order valence-corrected chi connectivity index (χ3v) is 6.83. The van der Waals surface area contributed by atoms with E-state index in [0.29, 0.717) is 40.9 Å². The van der Waals surface area contributed by atoms with Crippen molar-refractivity contribution in [3.05, 3.63) is 48.6 Å². The van der Waals surface area contributed by atoms with Gasteiger partial charge in [0, 0.05) is 36.1 Å². The maximum Gasteiger partial charge on any atom is 0.234 e. The molecule has 10 nitrogen and oxygen atoms in total. The maximum absolute atomic E-state index is 13.6. The number of amides is 3. The molecule has 2 N–H and O–H groups in total. The van der Waals surface area contributed by atoms with Gasteiger partial charge in [-0.1, -0.05) is 12.2 Å². The van der Waals surface area contributed by atoms with Crippen LogP contribution in [0.15, 0.2) is 48.6 Å². The van der Waals surface area contributed by atoms with Gasteiger partial charge < -0.3 is 34.5 Å². The van der Waals surface area contributed by atoms with E-state index in [4.69, 9.17) is 18.9 Å². The number of hydrogen-bond acceptors (Lipinski definition) is 7. The summed E-state index contributed by atoms with van der Waals surface area (Å²) < 4.78 is 22.3. The lowest BCUT2D eigenvalue weighted by Gasteiger charge is -2.24. The Kier molecular flexibility index (Phi) is 5.83. The summed E-state index contributed by atoms with van der Waals surface area (Å²) in [5.74, 6) is -0.841. The number of anilines is 3. The van der Waals surface area contributed by atoms with Crippen molar-refractivity contribution in [2.45, 2.75) is 18.6 Å². The number of fused-ring (bicyclic) bond motifs is 1. The van der Waals surface area contributed by atoms with Crippen LogP contribution >= 0.6 is 0 Å². The van der Waals surface area contributed by atoms with E-state index in [1.165, 1.54) is 28.3 Å². The number of carbonyl (C=O) groups is 3. The van der Waals surface area contributed by atoms with Crippen LogP contribution in [0, 0.1) is 11.8 Å². The van der Waals surface area contributed by atoms with E-state index in [-0.39, 0.29) is 17.7 Å². The van der Waals surface area contributed by atoms with Crippen LogP contribution < -0.4 is 29.7 Å². The van der Waals surface area contributed by atoms with Gasteiger partial charge in [0.15, 0.2) is 11.5 Å². The Hall–Kier alpha value is -4.05. The Morgan fingerprint density at radius 2 is 1.67 bits per heavy atom. The van der Waals surface area contributed by atoms with Gasteiger partial charge in [-0.25, -0.2) is 0 Å². The molecule has 2 saturated heterocycles. The zero-order valence-corrected chi connectivity index (χ0v) is 20.4. The summed E-state index contributed by atoms with van der Waals surface area (Å²) in [5, 5.41) is 5.61. The molecule has 3 amide bonds. The molecule has 3 heterocycles. The predicted molar refractivity (Wildman–Crippen MR) is 132 cm³/mol. The molecule has 0 aliphatic carbocycles. The highest BCUT2D eigenvalue weighted by Gasteiger charge is 2.67. The minimum atomic E-state index is -0.866. The van der Waals surface area contributed by atoms with Crippen molar-refractivity contribution in [3.8, 4) is 17.2 Å². The Balaban J connectivity index is 1.39. The van der Waals surface area contributed by atoms with E-state index in [0.717, 1.165) is 0 Å². The molecule has 0 saturated carbocycles. The van der Waals surface area contributed by atoms with Crippen LogP contribution in [0.5, 0.6) is 17.2 Å². The normalized spacial score (nSPS) is 25.5. The quantitative estimate of drug-likeness (QED) is 0.570. The maximum atomic E-state index is 13.6. The first-order valence-corrected chi connectivity index (χ1v) is 11.5. The van der Waals surface area contributed by atoms with Crippen molar-refractivity contribution < 1.29 is 33.3 Å². The fourth-order valence-corrected chi connectivity index (χ4v) is 5.32. The van der Waals surface area contributed by atoms with Gasteiger partial charge in [-0.2, -0.15) is 0 Å². The molecule has 2 fully saturated rings. The molecule has 3 aliphatic rings. The van der Waals surface area contributed by atoms with Gasteiger partial charge in [-0.15, -0.1) is 0 Å². The Morgan fingerprint density at radius 1 is 1.00 bits per heavy atom. The lowest BCUT2D eigenvalue weighted by atomic mass is 9.77. The largest absolute Gasteiger partial charge is 0.493 e. The van der Waals surface area contributed by atoms with Crippen LogP contribution in [-0.4, -0.2) is 57.3 Å². The van der Waals surface area contributed by atoms with Crippen LogP contribution in [-0.2, 0) is 19.1 Å². The predicted octanol–water partition coefficient (Wildman–Crippen LogP) is 2.60. The van der Waals surface area contributed by atoms with E-state index in [1.807, 2.05) is 12.2 Å². The number of nitrogens with one attached hydrogen (secondary N) is 2. The van der Waals surface area contributed by atoms with Crippen LogP contribution in [0.3, 0.4) is 0 Å². The van der Waals surface area contributed by atoms with Gasteiger partial charge in [0.2, 0.25) is 23.5 Å². The lowest BCUT2D eigenvalue weighted by molar-refractivity contribution is -0.128. The van der Waals surface area contributed by atoms with Crippen molar-refractivity contribution in [1.82, 2.24) is 0 Å². The molecule has 1 unspecified atom stereocenters. The summed E-state index contributed by atoms with van der Waals surface area (Å²) in [5.41, 5.74) is 0.888. The Labute approximate surface area is 208 Å². The standard InChI is InChI=1S/C26H27N3O7/c1-14(30)27-15-5-7-17(8-6-15)29-13-26-10-9-18(36-26)21(22(26)25(29)32)24(31)28-16-11-19(33-2)23(35-4)20(12-16)34-3/h5-12,18,21-22H,13H2,1-4H3,(H,27,30)(H,28,31)/t18-,21?,22-,26+/m1/s1. The molecule has 2 aromatic rings. The van der Waals surface area contributed by atoms with Crippen molar-refractivity contribution in [1.29, 1.82) is 0 Å². The fraction of sp³-hybridized carbons (Fsp3) is 0.346. The summed E-state index contributed by atoms with van der Waals surface area (Å²) in [6.07, 6.45) is 3.26. The van der Waals surface area contributed by atoms with Gasteiger partial charge in [-0.05, 0) is 24.3 Å². The monoisotopic (exact) mass is 493 g/mol. The van der Waals surface area contributed by atoms with Crippen LogP contribution in [0.4, 0.5) is 17.1 Å².